The maximum absolute atomic E-state index is 10.00. The maximum Gasteiger partial charge on any atom is 0.203 e. The number of methoxy groups -OCH3 is 1. The van der Waals surface area contributed by atoms with Crippen molar-refractivity contribution in [3.05, 3.63) is 17.7 Å². The Bertz CT molecular complexity index is 400. The van der Waals surface area contributed by atoms with Crippen molar-refractivity contribution in [1.29, 1.82) is 0 Å². The number of hydrogen-bond donors (Lipinski definition) is 2. The molecule has 4 heteroatoms. The molecule has 1 saturated heterocycles. The summed E-state index contributed by atoms with van der Waals surface area (Å²) in [7, 11) is 1.54. The zero-order valence-electron chi connectivity index (χ0n) is 11.0. The standard InChI is InChI=1S/C14H21NO3/c1-3-18-13-9-10(8-12(16)14(13)17-2)11-6-4-5-7-15-11/h8-9,11,15-16H,3-7H2,1-2H3. The van der Waals surface area contributed by atoms with Gasteiger partial charge in [-0.2, -0.15) is 0 Å². The summed E-state index contributed by atoms with van der Waals surface area (Å²) >= 11 is 0. The van der Waals surface area contributed by atoms with Crippen LogP contribution in [0.25, 0.3) is 0 Å². The summed E-state index contributed by atoms with van der Waals surface area (Å²) < 4.78 is 10.7. The van der Waals surface area contributed by atoms with Gasteiger partial charge in [0.05, 0.1) is 13.7 Å². The lowest BCUT2D eigenvalue weighted by molar-refractivity contribution is 0.298. The first-order valence-corrected chi connectivity index (χ1v) is 6.53. The van der Waals surface area contributed by atoms with Gasteiger partial charge in [-0.3, -0.25) is 0 Å². The number of benzene rings is 1. The van der Waals surface area contributed by atoms with Crippen molar-refractivity contribution < 1.29 is 14.6 Å². The van der Waals surface area contributed by atoms with E-state index in [9.17, 15) is 5.11 Å². The Morgan fingerprint density at radius 1 is 1.39 bits per heavy atom. The average Bonchev–Trinajstić information content (AvgIpc) is 2.40. The molecule has 0 amide bonds. The van der Waals surface area contributed by atoms with Crippen molar-refractivity contribution in [3.8, 4) is 17.2 Å². The Balaban J connectivity index is 2.30. The van der Waals surface area contributed by atoms with Crippen LogP contribution in [0.2, 0.25) is 0 Å². The SMILES string of the molecule is CCOc1cc(C2CCCCN2)cc(O)c1OC. The van der Waals surface area contributed by atoms with Gasteiger partial charge in [-0.15, -0.1) is 0 Å². The normalized spacial score (nSPS) is 19.6. The second-order valence-electron chi connectivity index (χ2n) is 4.51. The predicted octanol–water partition coefficient (Wildman–Crippen LogP) is 2.61. The number of phenolic OH excluding ortho intramolecular Hbond substituents is 1. The summed E-state index contributed by atoms with van der Waals surface area (Å²) in [5, 5.41) is 13.5. The summed E-state index contributed by atoms with van der Waals surface area (Å²) in [4.78, 5) is 0. The molecule has 1 aromatic rings. The van der Waals surface area contributed by atoms with Gasteiger partial charge in [0.15, 0.2) is 11.5 Å². The summed E-state index contributed by atoms with van der Waals surface area (Å²) in [5.74, 6) is 1.17. The number of piperidine rings is 1. The number of ether oxygens (including phenoxy) is 2. The molecule has 2 N–H and O–H groups in total. The number of rotatable bonds is 4. The molecule has 0 bridgehead atoms. The molecule has 2 rings (SSSR count). The van der Waals surface area contributed by atoms with Gasteiger partial charge in [0.1, 0.15) is 0 Å². The van der Waals surface area contributed by atoms with Gasteiger partial charge in [-0.1, -0.05) is 6.42 Å². The molecule has 1 atom stereocenters. The van der Waals surface area contributed by atoms with Gasteiger partial charge in [-0.25, -0.2) is 0 Å². The van der Waals surface area contributed by atoms with Crippen molar-refractivity contribution in [1.82, 2.24) is 5.32 Å². The van der Waals surface area contributed by atoms with E-state index in [-0.39, 0.29) is 5.75 Å². The van der Waals surface area contributed by atoms with Crippen molar-refractivity contribution in [2.75, 3.05) is 20.3 Å². The number of hydrogen-bond acceptors (Lipinski definition) is 4. The van der Waals surface area contributed by atoms with Crippen LogP contribution in [-0.4, -0.2) is 25.4 Å². The van der Waals surface area contributed by atoms with Crippen molar-refractivity contribution in [2.45, 2.75) is 32.2 Å². The fourth-order valence-electron chi connectivity index (χ4n) is 2.41. The van der Waals surface area contributed by atoms with E-state index < -0.39 is 0 Å². The molecule has 1 unspecified atom stereocenters. The Labute approximate surface area is 108 Å². The third kappa shape index (κ3) is 2.70. The summed E-state index contributed by atoms with van der Waals surface area (Å²) in [6.07, 6.45) is 3.53. The first-order valence-electron chi connectivity index (χ1n) is 6.53. The minimum Gasteiger partial charge on any atom is -0.504 e. The van der Waals surface area contributed by atoms with Crippen molar-refractivity contribution in [2.24, 2.45) is 0 Å². The Kier molecular flexibility index (Phi) is 4.31. The zero-order valence-corrected chi connectivity index (χ0v) is 11.0. The number of nitrogens with one attached hydrogen (secondary N) is 1. The van der Waals surface area contributed by atoms with Crippen LogP contribution in [0.5, 0.6) is 17.2 Å². The van der Waals surface area contributed by atoms with E-state index in [1.807, 2.05) is 13.0 Å². The summed E-state index contributed by atoms with van der Waals surface area (Å²) in [6.45, 7) is 3.50. The van der Waals surface area contributed by atoms with E-state index in [2.05, 4.69) is 5.32 Å². The molecular weight excluding hydrogens is 230 g/mol. The fraction of sp³-hybridized carbons (Fsp3) is 0.571. The minimum absolute atomic E-state index is 0.144. The maximum atomic E-state index is 10.00. The highest BCUT2D eigenvalue weighted by Gasteiger charge is 2.19. The van der Waals surface area contributed by atoms with Crippen LogP contribution in [0.1, 0.15) is 37.8 Å². The Morgan fingerprint density at radius 3 is 2.83 bits per heavy atom. The molecule has 0 aliphatic carbocycles. The van der Waals surface area contributed by atoms with Gasteiger partial charge in [0.25, 0.3) is 0 Å². The van der Waals surface area contributed by atoms with E-state index in [1.54, 1.807) is 6.07 Å². The Hall–Kier alpha value is -1.42. The van der Waals surface area contributed by atoms with E-state index in [0.717, 1.165) is 18.5 Å². The van der Waals surface area contributed by atoms with Crippen LogP contribution < -0.4 is 14.8 Å². The molecule has 1 fully saturated rings. The molecule has 1 aliphatic rings. The van der Waals surface area contributed by atoms with Gasteiger partial charge >= 0.3 is 0 Å². The number of phenols is 1. The fourth-order valence-corrected chi connectivity index (χ4v) is 2.41. The molecule has 4 nitrogen and oxygen atoms in total. The average molecular weight is 251 g/mol. The third-order valence-corrected chi connectivity index (χ3v) is 3.27. The molecule has 0 spiro atoms. The molecule has 1 aliphatic heterocycles. The van der Waals surface area contributed by atoms with Crippen LogP contribution in [0, 0.1) is 0 Å². The topological polar surface area (TPSA) is 50.7 Å². The van der Waals surface area contributed by atoms with Crippen LogP contribution in [0.3, 0.4) is 0 Å². The lowest BCUT2D eigenvalue weighted by atomic mass is 9.97. The number of aromatic hydroxyl groups is 1. The van der Waals surface area contributed by atoms with Crippen LogP contribution in [0.15, 0.2) is 12.1 Å². The van der Waals surface area contributed by atoms with E-state index in [0.29, 0.717) is 24.1 Å². The van der Waals surface area contributed by atoms with Crippen molar-refractivity contribution in [3.63, 3.8) is 0 Å². The van der Waals surface area contributed by atoms with Crippen molar-refractivity contribution >= 4 is 0 Å². The second kappa shape index (κ2) is 5.96. The second-order valence-corrected chi connectivity index (χ2v) is 4.51. The van der Waals surface area contributed by atoms with Crippen LogP contribution >= 0.6 is 0 Å². The summed E-state index contributed by atoms with van der Waals surface area (Å²) in [6, 6.07) is 4.03. The molecule has 0 saturated carbocycles. The van der Waals surface area contributed by atoms with Gasteiger partial charge in [0.2, 0.25) is 5.75 Å². The predicted molar refractivity (Wildman–Crippen MR) is 70.4 cm³/mol. The molecular formula is C14H21NO3. The van der Waals surface area contributed by atoms with Crippen LogP contribution in [-0.2, 0) is 0 Å². The van der Waals surface area contributed by atoms with E-state index in [4.69, 9.17) is 9.47 Å². The first-order chi connectivity index (χ1) is 8.76. The molecule has 1 aromatic carbocycles. The van der Waals surface area contributed by atoms with E-state index in [1.165, 1.54) is 20.0 Å². The van der Waals surface area contributed by atoms with Gasteiger partial charge < -0.3 is 19.9 Å². The summed E-state index contributed by atoms with van der Waals surface area (Å²) in [5.41, 5.74) is 1.07. The van der Waals surface area contributed by atoms with E-state index >= 15 is 0 Å². The first kappa shape index (κ1) is 13.0. The minimum atomic E-state index is 0.144. The lowest BCUT2D eigenvalue weighted by Crippen LogP contribution is -2.26. The third-order valence-electron chi connectivity index (χ3n) is 3.27. The molecule has 18 heavy (non-hydrogen) atoms. The van der Waals surface area contributed by atoms with Crippen LogP contribution in [0.4, 0.5) is 0 Å². The largest absolute Gasteiger partial charge is 0.504 e. The molecule has 100 valence electrons. The quantitative estimate of drug-likeness (QED) is 0.863. The molecule has 0 radical (unpaired) electrons. The molecule has 1 heterocycles. The van der Waals surface area contributed by atoms with Gasteiger partial charge in [-0.05, 0) is 44.0 Å². The highest BCUT2D eigenvalue weighted by molar-refractivity contribution is 5.53. The lowest BCUT2D eigenvalue weighted by Gasteiger charge is -2.25. The van der Waals surface area contributed by atoms with Gasteiger partial charge in [0, 0.05) is 6.04 Å². The highest BCUT2D eigenvalue weighted by Crippen LogP contribution is 2.40. The molecule has 0 aromatic heterocycles. The monoisotopic (exact) mass is 251 g/mol. The Morgan fingerprint density at radius 2 is 2.22 bits per heavy atom. The zero-order chi connectivity index (χ0) is 13.0. The highest BCUT2D eigenvalue weighted by atomic mass is 16.5. The smallest absolute Gasteiger partial charge is 0.203 e.